The molecule has 0 aliphatic heterocycles. The van der Waals surface area contributed by atoms with Crippen LogP contribution in [0.4, 0.5) is 5.69 Å². The number of thioether (sulfide) groups is 1. The Morgan fingerprint density at radius 1 is 1.13 bits per heavy atom. The van der Waals surface area contributed by atoms with Crippen molar-refractivity contribution < 1.29 is 9.59 Å². The van der Waals surface area contributed by atoms with Gasteiger partial charge in [-0.2, -0.15) is 0 Å². The lowest BCUT2D eigenvalue weighted by Gasteiger charge is -2.06. The number of benzene rings is 2. The standard InChI is InChI=1S/C17H17ClN2O2S/c18-13-6-8-15(9-7-13)23-10-2-5-16(21)20-14-4-1-3-12(11-14)17(19)22/h1,3-4,6-9,11H,2,5,10H2,(H2,19,22)(H,20,21). The van der Waals surface area contributed by atoms with Gasteiger partial charge < -0.3 is 11.1 Å². The minimum absolute atomic E-state index is 0.0803. The van der Waals surface area contributed by atoms with Gasteiger partial charge in [-0.3, -0.25) is 9.59 Å². The smallest absolute Gasteiger partial charge is 0.248 e. The van der Waals surface area contributed by atoms with E-state index in [4.69, 9.17) is 17.3 Å². The van der Waals surface area contributed by atoms with Crippen molar-refractivity contribution in [1.82, 2.24) is 0 Å². The zero-order chi connectivity index (χ0) is 16.7. The van der Waals surface area contributed by atoms with Crippen molar-refractivity contribution in [3.05, 3.63) is 59.1 Å². The summed E-state index contributed by atoms with van der Waals surface area (Å²) in [5, 5.41) is 3.48. The summed E-state index contributed by atoms with van der Waals surface area (Å²) in [5.74, 6) is 0.250. The van der Waals surface area contributed by atoms with Crippen LogP contribution in [0, 0.1) is 0 Å². The summed E-state index contributed by atoms with van der Waals surface area (Å²) in [6.07, 6.45) is 1.18. The van der Waals surface area contributed by atoms with E-state index in [0.717, 1.165) is 17.1 Å². The molecule has 23 heavy (non-hydrogen) atoms. The molecule has 0 spiro atoms. The number of rotatable bonds is 7. The van der Waals surface area contributed by atoms with Gasteiger partial charge >= 0.3 is 0 Å². The first-order valence-electron chi connectivity index (χ1n) is 7.12. The van der Waals surface area contributed by atoms with Crippen LogP contribution in [-0.4, -0.2) is 17.6 Å². The van der Waals surface area contributed by atoms with E-state index >= 15 is 0 Å². The molecule has 0 atom stereocenters. The van der Waals surface area contributed by atoms with E-state index in [-0.39, 0.29) is 5.91 Å². The zero-order valence-electron chi connectivity index (χ0n) is 12.4. The molecule has 3 N–H and O–H groups in total. The number of carbonyl (C=O) groups excluding carboxylic acids is 2. The quantitative estimate of drug-likeness (QED) is 0.587. The minimum Gasteiger partial charge on any atom is -0.366 e. The number of hydrogen-bond acceptors (Lipinski definition) is 3. The second kappa shape index (κ2) is 8.60. The first-order valence-corrected chi connectivity index (χ1v) is 8.49. The molecule has 0 saturated heterocycles. The lowest BCUT2D eigenvalue weighted by atomic mass is 10.2. The molecule has 2 rings (SSSR count). The summed E-state index contributed by atoms with van der Waals surface area (Å²) >= 11 is 7.52. The maximum atomic E-state index is 11.9. The molecule has 0 aliphatic rings. The van der Waals surface area contributed by atoms with Gasteiger partial charge in [-0.05, 0) is 54.6 Å². The Labute approximate surface area is 144 Å². The molecule has 120 valence electrons. The first kappa shape index (κ1) is 17.4. The zero-order valence-corrected chi connectivity index (χ0v) is 14.0. The summed E-state index contributed by atoms with van der Waals surface area (Å²) in [5.41, 5.74) is 6.17. The third-order valence-corrected chi connectivity index (χ3v) is 4.41. The topological polar surface area (TPSA) is 72.2 Å². The van der Waals surface area contributed by atoms with Gasteiger partial charge in [0, 0.05) is 27.6 Å². The van der Waals surface area contributed by atoms with Gasteiger partial charge in [-0.1, -0.05) is 17.7 Å². The molecule has 0 fully saturated rings. The van der Waals surface area contributed by atoms with Gasteiger partial charge in [-0.15, -0.1) is 11.8 Å². The Morgan fingerprint density at radius 2 is 1.87 bits per heavy atom. The van der Waals surface area contributed by atoms with Gasteiger partial charge in [0.25, 0.3) is 0 Å². The Kier molecular flexibility index (Phi) is 6.50. The lowest BCUT2D eigenvalue weighted by Crippen LogP contribution is -2.14. The molecule has 0 bridgehead atoms. The molecule has 4 nitrogen and oxygen atoms in total. The molecule has 2 aromatic carbocycles. The lowest BCUT2D eigenvalue weighted by molar-refractivity contribution is -0.116. The van der Waals surface area contributed by atoms with Gasteiger partial charge in [-0.25, -0.2) is 0 Å². The van der Waals surface area contributed by atoms with Gasteiger partial charge in [0.2, 0.25) is 11.8 Å². The van der Waals surface area contributed by atoms with E-state index in [1.807, 2.05) is 24.3 Å². The van der Waals surface area contributed by atoms with Crippen LogP contribution in [-0.2, 0) is 4.79 Å². The molecule has 2 amide bonds. The Bertz CT molecular complexity index is 689. The SMILES string of the molecule is NC(=O)c1cccc(NC(=O)CCCSc2ccc(Cl)cc2)c1. The van der Waals surface area contributed by atoms with Crippen molar-refractivity contribution in [3.63, 3.8) is 0 Å². The highest BCUT2D eigenvalue weighted by Gasteiger charge is 2.05. The molecule has 0 saturated carbocycles. The van der Waals surface area contributed by atoms with Crippen LogP contribution in [0.5, 0.6) is 0 Å². The highest BCUT2D eigenvalue weighted by Crippen LogP contribution is 2.21. The second-order valence-corrected chi connectivity index (χ2v) is 6.50. The monoisotopic (exact) mass is 348 g/mol. The van der Waals surface area contributed by atoms with Crippen LogP contribution in [0.1, 0.15) is 23.2 Å². The maximum Gasteiger partial charge on any atom is 0.248 e. The van der Waals surface area contributed by atoms with E-state index in [1.165, 1.54) is 0 Å². The van der Waals surface area contributed by atoms with Crippen LogP contribution >= 0.6 is 23.4 Å². The molecule has 0 radical (unpaired) electrons. The molecule has 2 aromatic rings. The highest BCUT2D eigenvalue weighted by molar-refractivity contribution is 7.99. The average Bonchev–Trinajstić information content (AvgIpc) is 2.53. The Hall–Kier alpha value is -1.98. The largest absolute Gasteiger partial charge is 0.366 e. The third kappa shape index (κ3) is 5.96. The number of amides is 2. The fourth-order valence-electron chi connectivity index (χ4n) is 1.93. The van der Waals surface area contributed by atoms with E-state index < -0.39 is 5.91 Å². The first-order chi connectivity index (χ1) is 11.0. The van der Waals surface area contributed by atoms with E-state index in [1.54, 1.807) is 36.0 Å². The predicted molar refractivity (Wildman–Crippen MR) is 95.0 cm³/mol. The van der Waals surface area contributed by atoms with E-state index in [9.17, 15) is 9.59 Å². The van der Waals surface area contributed by atoms with Crippen molar-refractivity contribution in [2.75, 3.05) is 11.1 Å². The second-order valence-electron chi connectivity index (χ2n) is 4.90. The predicted octanol–water partition coefficient (Wildman–Crippen LogP) is 3.95. The third-order valence-electron chi connectivity index (χ3n) is 3.06. The molecule has 0 unspecified atom stereocenters. The maximum absolute atomic E-state index is 11.9. The van der Waals surface area contributed by atoms with Crippen LogP contribution in [0.15, 0.2) is 53.4 Å². The van der Waals surface area contributed by atoms with Gasteiger partial charge in [0.05, 0.1) is 0 Å². The fraction of sp³-hybridized carbons (Fsp3) is 0.176. The van der Waals surface area contributed by atoms with Crippen molar-refractivity contribution in [1.29, 1.82) is 0 Å². The van der Waals surface area contributed by atoms with Crippen molar-refractivity contribution in [2.24, 2.45) is 5.73 Å². The van der Waals surface area contributed by atoms with Crippen LogP contribution in [0.3, 0.4) is 0 Å². The van der Waals surface area contributed by atoms with Crippen molar-refractivity contribution in [2.45, 2.75) is 17.7 Å². The van der Waals surface area contributed by atoms with Gasteiger partial charge in [0.1, 0.15) is 0 Å². The van der Waals surface area contributed by atoms with Crippen molar-refractivity contribution >= 4 is 40.9 Å². The molecule has 0 aliphatic carbocycles. The van der Waals surface area contributed by atoms with Gasteiger partial charge in [0.15, 0.2) is 0 Å². The fourth-order valence-corrected chi connectivity index (χ4v) is 2.91. The number of primary amides is 1. The number of halogens is 1. The Morgan fingerprint density at radius 3 is 2.57 bits per heavy atom. The van der Waals surface area contributed by atoms with E-state index in [2.05, 4.69) is 5.32 Å². The molecule has 0 aromatic heterocycles. The normalized spacial score (nSPS) is 10.3. The summed E-state index contributed by atoms with van der Waals surface area (Å²) in [7, 11) is 0. The molecular weight excluding hydrogens is 332 g/mol. The summed E-state index contributed by atoms with van der Waals surface area (Å²) < 4.78 is 0. The number of nitrogens with two attached hydrogens (primary N) is 1. The summed E-state index contributed by atoms with van der Waals surface area (Å²) in [6, 6.07) is 14.2. The summed E-state index contributed by atoms with van der Waals surface area (Å²) in [6.45, 7) is 0. The van der Waals surface area contributed by atoms with E-state index in [0.29, 0.717) is 22.7 Å². The number of nitrogens with one attached hydrogen (secondary N) is 1. The van der Waals surface area contributed by atoms with Crippen LogP contribution in [0.25, 0.3) is 0 Å². The minimum atomic E-state index is -0.513. The number of anilines is 1. The Balaban J connectivity index is 1.74. The van der Waals surface area contributed by atoms with Crippen molar-refractivity contribution in [3.8, 4) is 0 Å². The number of hydrogen-bond donors (Lipinski definition) is 2. The number of carbonyl (C=O) groups is 2. The molecule has 6 heteroatoms. The summed E-state index contributed by atoms with van der Waals surface area (Å²) in [4.78, 5) is 24.1. The van der Waals surface area contributed by atoms with Crippen LogP contribution in [0.2, 0.25) is 5.02 Å². The molecule has 0 heterocycles. The average molecular weight is 349 g/mol. The molecular formula is C17H17ClN2O2S. The highest BCUT2D eigenvalue weighted by atomic mass is 35.5. The van der Waals surface area contributed by atoms with Crippen LogP contribution < -0.4 is 11.1 Å².